The number of carboxylic acid groups (broad SMARTS) is 1. The second-order valence-corrected chi connectivity index (χ2v) is 10.4. The van der Waals surface area contributed by atoms with Crippen LogP contribution in [0.25, 0.3) is 0 Å². The molecule has 0 spiro atoms. The van der Waals surface area contributed by atoms with Gasteiger partial charge in [0.1, 0.15) is 10.6 Å². The molecule has 7 nitrogen and oxygen atoms in total. The topological polar surface area (TPSA) is 93.5 Å². The van der Waals surface area contributed by atoms with E-state index in [2.05, 4.69) is 11.8 Å². The summed E-state index contributed by atoms with van der Waals surface area (Å²) in [7, 11) is -1.55. The summed E-state index contributed by atoms with van der Waals surface area (Å²) in [6.07, 6.45) is 6.72. The predicted octanol–water partition coefficient (Wildman–Crippen LogP) is 6.05. The first kappa shape index (κ1) is 24.5. The van der Waals surface area contributed by atoms with Gasteiger partial charge < -0.3 is 14.7 Å². The molecule has 9 heteroatoms. The van der Waals surface area contributed by atoms with Crippen LogP contribution in [0.1, 0.15) is 26.2 Å². The Morgan fingerprint density at radius 3 is 2.62 bits per heavy atom. The van der Waals surface area contributed by atoms with Gasteiger partial charge in [0.05, 0.1) is 22.9 Å². The Hall–Kier alpha value is -2.17. The van der Waals surface area contributed by atoms with E-state index < -0.39 is 16.7 Å². The monoisotopic (exact) mass is 478 g/mol. The van der Waals surface area contributed by atoms with Crippen molar-refractivity contribution in [3.8, 4) is 5.75 Å². The SMILES string of the molecule is CCCC[C@H]1CN(c2ccccc2)c2cc(SC)c(O/C=C/C(=O)O)cc2S(O)(O)N1C. The highest BCUT2D eigenvalue weighted by Gasteiger charge is 2.37. The number of benzene rings is 2. The maximum atomic E-state index is 11.4. The molecule has 0 aromatic heterocycles. The zero-order chi connectivity index (χ0) is 23.3. The summed E-state index contributed by atoms with van der Waals surface area (Å²) in [5.41, 5.74) is 1.67. The molecule has 2 aromatic carbocycles. The highest BCUT2D eigenvalue weighted by Crippen LogP contribution is 2.60. The van der Waals surface area contributed by atoms with Crippen molar-refractivity contribution >= 4 is 39.9 Å². The molecular weight excluding hydrogens is 448 g/mol. The number of fused-ring (bicyclic) bond motifs is 1. The smallest absolute Gasteiger partial charge is 0.331 e. The summed E-state index contributed by atoms with van der Waals surface area (Å²) in [4.78, 5) is 14.1. The van der Waals surface area contributed by atoms with Gasteiger partial charge in [-0.15, -0.1) is 22.5 Å². The maximum absolute atomic E-state index is 11.4. The number of thioether (sulfide) groups is 1. The Morgan fingerprint density at radius 1 is 1.28 bits per heavy atom. The van der Waals surface area contributed by atoms with E-state index in [0.717, 1.165) is 42.2 Å². The van der Waals surface area contributed by atoms with Crippen molar-refractivity contribution in [3.05, 3.63) is 54.8 Å². The van der Waals surface area contributed by atoms with Gasteiger partial charge in [-0.3, -0.25) is 9.11 Å². The van der Waals surface area contributed by atoms with Crippen LogP contribution in [0.4, 0.5) is 11.4 Å². The van der Waals surface area contributed by atoms with Crippen LogP contribution in [0.3, 0.4) is 0 Å². The number of aliphatic carboxylic acids is 1. The fourth-order valence-corrected chi connectivity index (χ4v) is 5.88. The van der Waals surface area contributed by atoms with E-state index >= 15 is 0 Å². The maximum Gasteiger partial charge on any atom is 0.331 e. The summed E-state index contributed by atoms with van der Waals surface area (Å²) < 4.78 is 30.0. The Balaban J connectivity index is 2.17. The van der Waals surface area contributed by atoms with E-state index in [9.17, 15) is 13.9 Å². The number of likely N-dealkylation sites (N-methyl/N-ethyl adjacent to an activating group) is 1. The molecule has 32 heavy (non-hydrogen) atoms. The number of unbranched alkanes of at least 4 members (excludes halogenated alkanes) is 1. The summed E-state index contributed by atoms with van der Waals surface area (Å²) in [6, 6.07) is 13.3. The first-order valence-corrected chi connectivity index (χ1v) is 13.1. The van der Waals surface area contributed by atoms with Gasteiger partial charge in [-0.2, -0.15) is 0 Å². The standard InChI is InChI=1S/C23H30N2O5S2/c1-4-5-9-18-16-25(17-10-7-6-8-11-17)19-14-21(31-3)20(30-13-12-23(26)27)15-22(19)32(28,29)24(18)2/h6-8,10-15,18,28-29H,4-5,9,16H2,1-3H3,(H,26,27)/b13-12+/t18-/m0/s1. The van der Waals surface area contributed by atoms with E-state index in [-0.39, 0.29) is 6.04 Å². The molecule has 0 aliphatic carbocycles. The molecule has 1 heterocycles. The molecule has 0 amide bonds. The lowest BCUT2D eigenvalue weighted by Gasteiger charge is -2.43. The van der Waals surface area contributed by atoms with Gasteiger partial charge >= 0.3 is 5.97 Å². The number of rotatable bonds is 8. The van der Waals surface area contributed by atoms with Crippen molar-refractivity contribution in [1.29, 1.82) is 0 Å². The lowest BCUT2D eigenvalue weighted by Crippen LogP contribution is -2.39. The highest BCUT2D eigenvalue weighted by atomic mass is 32.3. The third-order valence-corrected chi connectivity index (χ3v) is 8.28. The average Bonchev–Trinajstić information content (AvgIpc) is 2.86. The lowest BCUT2D eigenvalue weighted by molar-refractivity contribution is -0.131. The van der Waals surface area contributed by atoms with Gasteiger partial charge in [-0.05, 0) is 30.9 Å². The minimum atomic E-state index is -3.30. The highest BCUT2D eigenvalue weighted by molar-refractivity contribution is 8.22. The van der Waals surface area contributed by atoms with Gasteiger partial charge in [0.25, 0.3) is 0 Å². The summed E-state index contributed by atoms with van der Waals surface area (Å²) in [5.74, 6) is -0.745. The molecule has 174 valence electrons. The number of nitrogens with zero attached hydrogens (tertiary/aromatic N) is 2. The molecule has 3 N–H and O–H groups in total. The first-order valence-electron chi connectivity index (χ1n) is 10.4. The lowest BCUT2D eigenvalue weighted by atomic mass is 10.1. The Bertz CT molecular complexity index is 968. The normalized spacial score (nSPS) is 19.4. The van der Waals surface area contributed by atoms with Crippen LogP contribution in [0.5, 0.6) is 5.75 Å². The van der Waals surface area contributed by atoms with Crippen LogP contribution in [-0.2, 0) is 4.79 Å². The zero-order valence-corrected chi connectivity index (χ0v) is 20.1. The largest absolute Gasteiger partial charge is 0.478 e. The van der Waals surface area contributed by atoms with Crippen molar-refractivity contribution in [3.63, 3.8) is 0 Å². The number of ether oxygens (including phenoxy) is 1. The van der Waals surface area contributed by atoms with E-state index in [0.29, 0.717) is 22.9 Å². The second kappa shape index (κ2) is 10.6. The van der Waals surface area contributed by atoms with Crippen molar-refractivity contribution < 1.29 is 23.7 Å². The molecular formula is C23H30N2O5S2. The third kappa shape index (κ3) is 5.24. The quantitative estimate of drug-likeness (QED) is 0.240. The first-order chi connectivity index (χ1) is 15.3. The number of carboxylic acids is 1. The molecule has 1 aliphatic rings. The van der Waals surface area contributed by atoms with Crippen LogP contribution in [0.15, 0.2) is 64.6 Å². The van der Waals surface area contributed by atoms with Gasteiger partial charge in [0.2, 0.25) is 0 Å². The number of hydrogen-bond donors (Lipinski definition) is 3. The van der Waals surface area contributed by atoms with Crippen molar-refractivity contribution in [2.75, 3.05) is 24.7 Å². The Labute approximate surface area is 195 Å². The molecule has 2 aromatic rings. The number of para-hydroxylation sites is 1. The van der Waals surface area contributed by atoms with Gasteiger partial charge in [0, 0.05) is 31.4 Å². The second-order valence-electron chi connectivity index (χ2n) is 7.54. The van der Waals surface area contributed by atoms with E-state index in [4.69, 9.17) is 9.84 Å². The average molecular weight is 479 g/mol. The Kier molecular flexibility index (Phi) is 8.13. The molecule has 1 atom stereocenters. The molecule has 0 radical (unpaired) electrons. The van der Waals surface area contributed by atoms with Gasteiger partial charge in [-0.1, -0.05) is 38.0 Å². The summed E-state index contributed by atoms with van der Waals surface area (Å²) in [6.45, 7) is 2.73. The number of hydrogen-bond acceptors (Lipinski definition) is 7. The molecule has 0 saturated carbocycles. The molecule has 0 fully saturated rings. The van der Waals surface area contributed by atoms with Crippen LogP contribution in [0, 0.1) is 0 Å². The van der Waals surface area contributed by atoms with Crippen LogP contribution >= 0.6 is 22.5 Å². The zero-order valence-electron chi connectivity index (χ0n) is 18.5. The van der Waals surface area contributed by atoms with E-state index in [1.807, 2.05) is 42.7 Å². The molecule has 0 saturated heterocycles. The van der Waals surface area contributed by atoms with Crippen molar-refractivity contribution in [2.45, 2.75) is 42.0 Å². The fourth-order valence-electron chi connectivity index (χ4n) is 3.73. The molecule has 1 aliphatic heterocycles. The summed E-state index contributed by atoms with van der Waals surface area (Å²) >= 11 is 1.45. The minimum absolute atomic E-state index is 0.0680. The Morgan fingerprint density at radius 2 is 2.00 bits per heavy atom. The summed E-state index contributed by atoms with van der Waals surface area (Å²) in [5, 5.41) is 8.86. The predicted molar refractivity (Wildman–Crippen MR) is 131 cm³/mol. The molecule has 0 unspecified atom stereocenters. The molecule has 0 bridgehead atoms. The van der Waals surface area contributed by atoms with Crippen LogP contribution in [0.2, 0.25) is 0 Å². The minimum Gasteiger partial charge on any atom is -0.478 e. The van der Waals surface area contributed by atoms with Gasteiger partial charge in [-0.25, -0.2) is 9.10 Å². The molecule has 3 rings (SSSR count). The van der Waals surface area contributed by atoms with Gasteiger partial charge in [0.15, 0.2) is 0 Å². The van der Waals surface area contributed by atoms with Crippen molar-refractivity contribution in [1.82, 2.24) is 4.31 Å². The van der Waals surface area contributed by atoms with E-state index in [1.54, 1.807) is 17.4 Å². The third-order valence-electron chi connectivity index (χ3n) is 5.50. The van der Waals surface area contributed by atoms with Crippen LogP contribution in [-0.4, -0.2) is 50.4 Å². The fraction of sp³-hybridized carbons (Fsp3) is 0.348. The van der Waals surface area contributed by atoms with E-state index in [1.165, 1.54) is 11.8 Å². The number of anilines is 2. The van der Waals surface area contributed by atoms with Crippen LogP contribution < -0.4 is 9.64 Å². The van der Waals surface area contributed by atoms with Crippen molar-refractivity contribution in [2.24, 2.45) is 0 Å². The number of carbonyl (C=O) groups is 1.